The van der Waals surface area contributed by atoms with Crippen molar-refractivity contribution in [2.75, 3.05) is 6.54 Å². The molecule has 0 amide bonds. The Kier molecular flexibility index (Phi) is 6.18. The molecule has 0 heterocycles. The van der Waals surface area contributed by atoms with E-state index >= 15 is 0 Å². The van der Waals surface area contributed by atoms with E-state index in [9.17, 15) is 9.59 Å². The third kappa shape index (κ3) is 5.40. The normalized spacial score (nSPS) is 12.2. The van der Waals surface area contributed by atoms with Gasteiger partial charge in [-0.1, -0.05) is 43.7 Å². The lowest BCUT2D eigenvalue weighted by Gasteiger charge is -2.17. The number of nitrogens with one attached hydrogen (secondary N) is 1. The predicted octanol–water partition coefficient (Wildman–Crippen LogP) is 1.74. The molecule has 0 aromatic heterocycles. The smallest absolute Gasteiger partial charge is 0.320 e. The molecule has 0 aliphatic rings. The van der Waals surface area contributed by atoms with Crippen LogP contribution in [0.5, 0.6) is 0 Å². The van der Waals surface area contributed by atoms with E-state index in [0.717, 1.165) is 11.1 Å². The molecule has 0 fully saturated rings. The van der Waals surface area contributed by atoms with Crippen LogP contribution < -0.4 is 5.32 Å². The van der Waals surface area contributed by atoms with Gasteiger partial charge in [0.1, 0.15) is 12.6 Å². The summed E-state index contributed by atoms with van der Waals surface area (Å²) in [6, 6.07) is 6.93. The van der Waals surface area contributed by atoms with Crippen molar-refractivity contribution in [2.45, 2.75) is 33.4 Å². The lowest BCUT2D eigenvalue weighted by atomic mass is 10.1. The fourth-order valence-corrected chi connectivity index (χ4v) is 1.70. The van der Waals surface area contributed by atoms with Crippen LogP contribution in [-0.4, -0.2) is 29.6 Å². The van der Waals surface area contributed by atoms with Crippen molar-refractivity contribution in [1.29, 1.82) is 0 Å². The lowest BCUT2D eigenvalue weighted by molar-refractivity contribution is -0.145. The quantitative estimate of drug-likeness (QED) is 0.743. The largest absolute Gasteiger partial charge is 0.480 e. The number of benzene rings is 1. The summed E-state index contributed by atoms with van der Waals surface area (Å²) in [5, 5.41) is 11.7. The molecule has 0 aliphatic carbocycles. The van der Waals surface area contributed by atoms with Crippen LogP contribution in [0.2, 0.25) is 0 Å². The molecule has 0 bridgehead atoms. The van der Waals surface area contributed by atoms with Gasteiger partial charge in [0.2, 0.25) is 0 Å². The first kappa shape index (κ1) is 16.2. The van der Waals surface area contributed by atoms with Crippen LogP contribution in [0.25, 0.3) is 0 Å². The summed E-state index contributed by atoms with van der Waals surface area (Å²) in [6.45, 7) is 5.63. The number of esters is 1. The Labute approximate surface area is 118 Å². The standard InChI is InChI=1S/C15H21NO4/c1-10(2)14(15(18)19)16-8-13(17)20-9-12-6-4-11(3)5-7-12/h4-7,10,14,16H,8-9H2,1-3H3,(H,18,19). The van der Waals surface area contributed by atoms with Gasteiger partial charge in [0.15, 0.2) is 0 Å². The minimum Gasteiger partial charge on any atom is -0.480 e. The van der Waals surface area contributed by atoms with E-state index in [-0.39, 0.29) is 19.1 Å². The molecule has 1 rings (SSSR count). The average molecular weight is 279 g/mol. The Balaban J connectivity index is 2.36. The molecule has 110 valence electrons. The zero-order valence-corrected chi connectivity index (χ0v) is 12.1. The van der Waals surface area contributed by atoms with Crippen LogP contribution >= 0.6 is 0 Å². The fraction of sp³-hybridized carbons (Fsp3) is 0.467. The number of carbonyl (C=O) groups excluding carboxylic acids is 1. The Morgan fingerprint density at radius 3 is 2.35 bits per heavy atom. The summed E-state index contributed by atoms with van der Waals surface area (Å²) in [7, 11) is 0. The number of ether oxygens (including phenoxy) is 1. The average Bonchev–Trinajstić information content (AvgIpc) is 2.37. The zero-order valence-electron chi connectivity index (χ0n) is 12.1. The minimum atomic E-state index is -0.966. The van der Waals surface area contributed by atoms with Crippen molar-refractivity contribution in [3.05, 3.63) is 35.4 Å². The molecule has 5 nitrogen and oxygen atoms in total. The van der Waals surface area contributed by atoms with Crippen molar-refractivity contribution in [1.82, 2.24) is 5.32 Å². The van der Waals surface area contributed by atoms with Gasteiger partial charge in [0, 0.05) is 0 Å². The first-order valence-electron chi connectivity index (χ1n) is 6.57. The van der Waals surface area contributed by atoms with Crippen LogP contribution in [0.1, 0.15) is 25.0 Å². The summed E-state index contributed by atoms with van der Waals surface area (Å²) in [6.07, 6.45) is 0. The maximum absolute atomic E-state index is 11.6. The van der Waals surface area contributed by atoms with Gasteiger partial charge in [0.25, 0.3) is 0 Å². The monoisotopic (exact) mass is 279 g/mol. The van der Waals surface area contributed by atoms with E-state index in [4.69, 9.17) is 9.84 Å². The van der Waals surface area contributed by atoms with Gasteiger partial charge in [-0.2, -0.15) is 0 Å². The van der Waals surface area contributed by atoms with Gasteiger partial charge in [-0.15, -0.1) is 0 Å². The molecule has 1 aromatic rings. The Bertz CT molecular complexity index is 453. The van der Waals surface area contributed by atoms with Crippen LogP contribution in [-0.2, 0) is 20.9 Å². The predicted molar refractivity (Wildman–Crippen MR) is 75.2 cm³/mol. The van der Waals surface area contributed by atoms with Crippen molar-refractivity contribution in [2.24, 2.45) is 5.92 Å². The van der Waals surface area contributed by atoms with Crippen molar-refractivity contribution in [3.63, 3.8) is 0 Å². The molecule has 1 unspecified atom stereocenters. The van der Waals surface area contributed by atoms with Gasteiger partial charge >= 0.3 is 11.9 Å². The van der Waals surface area contributed by atoms with E-state index in [2.05, 4.69) is 5.32 Å². The highest BCUT2D eigenvalue weighted by molar-refractivity contribution is 5.76. The third-order valence-corrected chi connectivity index (χ3v) is 2.92. The molecule has 0 radical (unpaired) electrons. The maximum atomic E-state index is 11.6. The molecule has 0 saturated carbocycles. The number of carbonyl (C=O) groups is 2. The number of carboxylic acids is 1. The van der Waals surface area contributed by atoms with Crippen LogP contribution in [0.15, 0.2) is 24.3 Å². The molecule has 1 atom stereocenters. The molecular weight excluding hydrogens is 258 g/mol. The highest BCUT2D eigenvalue weighted by Gasteiger charge is 2.21. The van der Waals surface area contributed by atoms with Gasteiger partial charge in [-0.05, 0) is 18.4 Å². The summed E-state index contributed by atoms with van der Waals surface area (Å²) in [4.78, 5) is 22.5. The molecule has 5 heteroatoms. The molecular formula is C15H21NO4. The Hall–Kier alpha value is -1.88. The summed E-state index contributed by atoms with van der Waals surface area (Å²) < 4.78 is 5.08. The molecule has 1 aromatic carbocycles. The lowest BCUT2D eigenvalue weighted by Crippen LogP contribution is -2.43. The minimum absolute atomic E-state index is 0.0996. The third-order valence-electron chi connectivity index (χ3n) is 2.92. The van der Waals surface area contributed by atoms with Gasteiger partial charge in [0.05, 0.1) is 6.54 Å². The van der Waals surface area contributed by atoms with E-state index < -0.39 is 18.0 Å². The molecule has 0 aliphatic heterocycles. The van der Waals surface area contributed by atoms with Crippen molar-refractivity contribution >= 4 is 11.9 Å². The van der Waals surface area contributed by atoms with E-state index in [0.29, 0.717) is 0 Å². The second kappa shape index (κ2) is 7.65. The van der Waals surface area contributed by atoms with Crippen molar-refractivity contribution in [3.8, 4) is 0 Å². The number of rotatable bonds is 7. The zero-order chi connectivity index (χ0) is 15.1. The number of hydrogen-bond acceptors (Lipinski definition) is 4. The second-order valence-corrected chi connectivity index (χ2v) is 5.09. The van der Waals surface area contributed by atoms with Gasteiger partial charge < -0.3 is 9.84 Å². The number of carboxylic acid groups (broad SMARTS) is 1. The maximum Gasteiger partial charge on any atom is 0.320 e. The number of aryl methyl sites for hydroxylation is 1. The summed E-state index contributed by atoms with van der Waals surface area (Å²) in [5.41, 5.74) is 2.05. The Morgan fingerprint density at radius 1 is 1.25 bits per heavy atom. The van der Waals surface area contributed by atoms with Gasteiger partial charge in [-0.25, -0.2) is 0 Å². The van der Waals surface area contributed by atoms with Crippen LogP contribution in [0.3, 0.4) is 0 Å². The van der Waals surface area contributed by atoms with E-state index in [1.54, 1.807) is 13.8 Å². The summed E-state index contributed by atoms with van der Waals surface area (Å²) in [5.74, 6) is -1.53. The summed E-state index contributed by atoms with van der Waals surface area (Å²) >= 11 is 0. The second-order valence-electron chi connectivity index (χ2n) is 5.09. The molecule has 20 heavy (non-hydrogen) atoms. The first-order valence-corrected chi connectivity index (χ1v) is 6.57. The van der Waals surface area contributed by atoms with E-state index in [1.807, 2.05) is 31.2 Å². The fourth-order valence-electron chi connectivity index (χ4n) is 1.70. The van der Waals surface area contributed by atoms with Crippen molar-refractivity contribution < 1.29 is 19.4 Å². The molecule has 0 saturated heterocycles. The highest BCUT2D eigenvalue weighted by atomic mass is 16.5. The highest BCUT2D eigenvalue weighted by Crippen LogP contribution is 2.05. The van der Waals surface area contributed by atoms with Crippen LogP contribution in [0.4, 0.5) is 0 Å². The SMILES string of the molecule is Cc1ccc(COC(=O)CNC(C(=O)O)C(C)C)cc1. The van der Waals surface area contributed by atoms with Crippen LogP contribution in [0, 0.1) is 12.8 Å². The number of hydrogen-bond donors (Lipinski definition) is 2. The first-order chi connectivity index (χ1) is 9.40. The number of aliphatic carboxylic acids is 1. The Morgan fingerprint density at radius 2 is 1.85 bits per heavy atom. The molecule has 2 N–H and O–H groups in total. The van der Waals surface area contributed by atoms with E-state index in [1.165, 1.54) is 0 Å². The van der Waals surface area contributed by atoms with Gasteiger partial charge in [-0.3, -0.25) is 14.9 Å². The topological polar surface area (TPSA) is 75.6 Å². The molecule has 0 spiro atoms.